The number of carbonyl (C=O) groups excluding carboxylic acids is 1. The zero-order valence-electron chi connectivity index (χ0n) is 15.4. The molecule has 0 aliphatic carbocycles. The second-order valence-corrected chi connectivity index (χ2v) is 8.23. The van der Waals surface area contributed by atoms with E-state index in [4.69, 9.17) is 0 Å². The molecule has 1 heterocycles. The van der Waals surface area contributed by atoms with Crippen LogP contribution in [-0.4, -0.2) is 33.5 Å². The van der Waals surface area contributed by atoms with Crippen molar-refractivity contribution in [2.45, 2.75) is 30.7 Å². The molecule has 1 unspecified atom stereocenters. The van der Waals surface area contributed by atoms with Crippen molar-refractivity contribution >= 4 is 34.0 Å². The Labute approximate surface area is 170 Å². The summed E-state index contributed by atoms with van der Waals surface area (Å²) in [7, 11) is -3.96. The number of carbonyl (C=O) groups is 1. The molecule has 1 atom stereocenters. The van der Waals surface area contributed by atoms with E-state index in [2.05, 4.69) is 15.4 Å². The van der Waals surface area contributed by atoms with E-state index < -0.39 is 15.8 Å². The molecule has 0 radical (unpaired) electrons. The van der Waals surface area contributed by atoms with Gasteiger partial charge in [-0.2, -0.15) is 0 Å². The molecule has 2 aromatic carbocycles. The summed E-state index contributed by atoms with van der Waals surface area (Å²) in [6.07, 6.45) is 1.85. The normalized spacial score (nSPS) is 16.7. The van der Waals surface area contributed by atoms with Gasteiger partial charge in [-0.25, -0.2) is 12.8 Å². The molecular formula is C19H23ClFN3O3S. The molecule has 0 spiro atoms. The van der Waals surface area contributed by atoms with Gasteiger partial charge in [0.15, 0.2) is 0 Å². The average molecular weight is 428 g/mol. The maximum atomic E-state index is 13.3. The fraction of sp³-hybridized carbons (Fsp3) is 0.316. The average Bonchev–Trinajstić information content (AvgIpc) is 2.62. The molecule has 2 aromatic rings. The van der Waals surface area contributed by atoms with E-state index in [1.807, 2.05) is 0 Å². The molecule has 152 valence electrons. The monoisotopic (exact) mass is 427 g/mol. The Bertz CT molecular complexity index is 947. The third-order valence-electron chi connectivity index (χ3n) is 4.47. The van der Waals surface area contributed by atoms with Gasteiger partial charge in [0.05, 0.1) is 16.1 Å². The first kappa shape index (κ1) is 22.1. The van der Waals surface area contributed by atoms with Crippen molar-refractivity contribution in [1.82, 2.24) is 10.6 Å². The molecule has 1 saturated heterocycles. The molecule has 1 amide bonds. The molecule has 0 saturated carbocycles. The van der Waals surface area contributed by atoms with Crippen LogP contribution in [0.4, 0.5) is 10.1 Å². The summed E-state index contributed by atoms with van der Waals surface area (Å²) < 4.78 is 41.2. The predicted octanol–water partition coefficient (Wildman–Crippen LogP) is 2.84. The summed E-state index contributed by atoms with van der Waals surface area (Å²) in [5.41, 5.74) is 0.714. The number of piperidine rings is 1. The highest BCUT2D eigenvalue weighted by atomic mass is 35.5. The van der Waals surface area contributed by atoms with Crippen molar-refractivity contribution in [1.29, 1.82) is 0 Å². The highest BCUT2D eigenvalue weighted by molar-refractivity contribution is 7.92. The lowest BCUT2D eigenvalue weighted by molar-refractivity contribution is 0.0931. The van der Waals surface area contributed by atoms with E-state index in [0.717, 1.165) is 31.5 Å². The summed E-state index contributed by atoms with van der Waals surface area (Å²) >= 11 is 0. The zero-order chi connectivity index (χ0) is 19.4. The second kappa shape index (κ2) is 9.36. The van der Waals surface area contributed by atoms with Crippen LogP contribution in [0.15, 0.2) is 47.4 Å². The van der Waals surface area contributed by atoms with Gasteiger partial charge in [0, 0.05) is 12.6 Å². The van der Waals surface area contributed by atoms with Gasteiger partial charge in [-0.3, -0.25) is 9.52 Å². The topological polar surface area (TPSA) is 87.3 Å². The highest BCUT2D eigenvalue weighted by Gasteiger charge is 2.22. The summed E-state index contributed by atoms with van der Waals surface area (Å²) in [6, 6.07) is 9.90. The van der Waals surface area contributed by atoms with E-state index in [0.29, 0.717) is 6.54 Å². The molecular weight excluding hydrogens is 405 g/mol. The van der Waals surface area contributed by atoms with Gasteiger partial charge in [0.1, 0.15) is 5.82 Å². The van der Waals surface area contributed by atoms with Gasteiger partial charge in [0.2, 0.25) is 0 Å². The Balaban J connectivity index is 0.00000280. The number of halogens is 2. The molecule has 1 aliphatic rings. The van der Waals surface area contributed by atoms with Crippen LogP contribution in [0.3, 0.4) is 0 Å². The van der Waals surface area contributed by atoms with Crippen molar-refractivity contribution in [3.8, 4) is 0 Å². The van der Waals surface area contributed by atoms with Gasteiger partial charge < -0.3 is 10.6 Å². The molecule has 3 N–H and O–H groups in total. The molecule has 0 aromatic heterocycles. The zero-order valence-corrected chi connectivity index (χ0v) is 17.0. The van der Waals surface area contributed by atoms with E-state index in [1.54, 1.807) is 18.2 Å². The minimum Gasteiger partial charge on any atom is -0.348 e. The van der Waals surface area contributed by atoms with Gasteiger partial charge >= 0.3 is 0 Å². The van der Waals surface area contributed by atoms with E-state index in [1.165, 1.54) is 19.1 Å². The Hall–Kier alpha value is -2.16. The molecule has 9 heteroatoms. The first-order valence-corrected chi connectivity index (χ1v) is 10.2. The van der Waals surface area contributed by atoms with Gasteiger partial charge in [-0.1, -0.05) is 12.1 Å². The minimum absolute atomic E-state index is 0. The quantitative estimate of drug-likeness (QED) is 0.684. The highest BCUT2D eigenvalue weighted by Crippen LogP contribution is 2.23. The summed E-state index contributed by atoms with van der Waals surface area (Å²) in [4.78, 5) is 12.6. The van der Waals surface area contributed by atoms with E-state index >= 15 is 0 Å². The number of hydrogen-bond donors (Lipinski definition) is 3. The molecule has 0 bridgehead atoms. The van der Waals surface area contributed by atoms with Crippen molar-refractivity contribution in [3.63, 3.8) is 0 Å². The number of amides is 1. The van der Waals surface area contributed by atoms with Crippen LogP contribution in [0, 0.1) is 12.7 Å². The third kappa shape index (κ3) is 5.21. The Kier molecular flexibility index (Phi) is 7.40. The smallest absolute Gasteiger partial charge is 0.262 e. The van der Waals surface area contributed by atoms with Crippen LogP contribution in [0.1, 0.15) is 28.8 Å². The lowest BCUT2D eigenvalue weighted by atomic mass is 10.1. The molecule has 28 heavy (non-hydrogen) atoms. The van der Waals surface area contributed by atoms with Crippen LogP contribution >= 0.6 is 12.4 Å². The largest absolute Gasteiger partial charge is 0.348 e. The van der Waals surface area contributed by atoms with Crippen LogP contribution in [0.25, 0.3) is 0 Å². The standard InChI is InChI=1S/C19H22FN3O3S.ClH/c1-13-11-14(20)8-9-18(13)27(25,26)23-17-7-3-2-6-16(17)19(24)22-15-5-4-10-21-12-15;/h2-3,6-9,11,15,21,23H,4-5,10,12H2,1H3,(H,22,24);1H. The maximum Gasteiger partial charge on any atom is 0.262 e. The minimum atomic E-state index is -3.96. The van der Waals surface area contributed by atoms with E-state index in [-0.39, 0.29) is 46.1 Å². The molecule has 3 rings (SSSR count). The van der Waals surface area contributed by atoms with Crippen LogP contribution < -0.4 is 15.4 Å². The number of benzene rings is 2. The number of aryl methyl sites for hydroxylation is 1. The Morgan fingerprint density at radius 2 is 1.96 bits per heavy atom. The van der Waals surface area contributed by atoms with Crippen LogP contribution in [0.2, 0.25) is 0 Å². The van der Waals surface area contributed by atoms with Gasteiger partial charge in [0.25, 0.3) is 15.9 Å². The van der Waals surface area contributed by atoms with Crippen molar-refractivity contribution in [3.05, 3.63) is 59.4 Å². The van der Waals surface area contributed by atoms with Crippen molar-refractivity contribution in [2.24, 2.45) is 0 Å². The second-order valence-electron chi connectivity index (χ2n) is 6.58. The Morgan fingerprint density at radius 3 is 2.64 bits per heavy atom. The molecule has 6 nitrogen and oxygen atoms in total. The van der Waals surface area contributed by atoms with E-state index in [9.17, 15) is 17.6 Å². The third-order valence-corrected chi connectivity index (χ3v) is 6.00. The number of hydrogen-bond acceptors (Lipinski definition) is 4. The summed E-state index contributed by atoms with van der Waals surface area (Å²) in [5.74, 6) is -0.842. The van der Waals surface area contributed by atoms with Gasteiger partial charge in [-0.05, 0) is 62.2 Å². The number of rotatable bonds is 5. The van der Waals surface area contributed by atoms with Crippen LogP contribution in [-0.2, 0) is 10.0 Å². The first-order valence-electron chi connectivity index (χ1n) is 8.76. The summed E-state index contributed by atoms with van der Waals surface area (Å²) in [5, 5.41) is 6.15. The fourth-order valence-corrected chi connectivity index (χ4v) is 4.43. The predicted molar refractivity (Wildman–Crippen MR) is 109 cm³/mol. The molecule has 1 aliphatic heterocycles. The van der Waals surface area contributed by atoms with Gasteiger partial charge in [-0.15, -0.1) is 12.4 Å². The van der Waals surface area contributed by atoms with Crippen molar-refractivity contribution in [2.75, 3.05) is 17.8 Å². The number of sulfonamides is 1. The maximum absolute atomic E-state index is 13.3. The van der Waals surface area contributed by atoms with Crippen LogP contribution in [0.5, 0.6) is 0 Å². The number of para-hydroxylation sites is 1. The molecule has 1 fully saturated rings. The lowest BCUT2D eigenvalue weighted by Gasteiger charge is -2.24. The number of nitrogens with one attached hydrogen (secondary N) is 3. The number of anilines is 1. The SMILES string of the molecule is Cc1cc(F)ccc1S(=O)(=O)Nc1ccccc1C(=O)NC1CCCNC1.Cl. The Morgan fingerprint density at radius 1 is 1.21 bits per heavy atom. The fourth-order valence-electron chi connectivity index (χ4n) is 3.12. The first-order chi connectivity index (χ1) is 12.9. The lowest BCUT2D eigenvalue weighted by Crippen LogP contribution is -2.45. The van der Waals surface area contributed by atoms with Crippen molar-refractivity contribution < 1.29 is 17.6 Å². The summed E-state index contributed by atoms with van der Waals surface area (Å²) in [6.45, 7) is 3.14.